The number of nitrogens with zero attached hydrogens (tertiary/aromatic N) is 1. The van der Waals surface area contributed by atoms with Gasteiger partial charge in [-0.1, -0.05) is 0 Å². The number of amides is 2. The minimum absolute atomic E-state index is 0.0759. The molecule has 6 heteroatoms. The number of nitrogens with one attached hydrogen (secondary N) is 1. The van der Waals surface area contributed by atoms with E-state index >= 15 is 0 Å². The highest BCUT2D eigenvalue weighted by atomic mass is 16.6. The molecule has 0 aromatic carbocycles. The maximum absolute atomic E-state index is 11.7. The Labute approximate surface area is 94.9 Å². The summed E-state index contributed by atoms with van der Waals surface area (Å²) in [6.07, 6.45) is -0.670. The molecule has 2 amide bonds. The second-order valence-corrected chi connectivity index (χ2v) is 3.93. The number of esters is 1. The second kappa shape index (κ2) is 5.69. The van der Waals surface area contributed by atoms with Gasteiger partial charge in [0.25, 0.3) is 0 Å². The first-order valence-electron chi connectivity index (χ1n) is 5.29. The molecule has 16 heavy (non-hydrogen) atoms. The summed E-state index contributed by atoms with van der Waals surface area (Å²) >= 11 is 0. The van der Waals surface area contributed by atoms with E-state index in [1.807, 2.05) is 13.8 Å². The minimum Gasteiger partial charge on any atom is -0.467 e. The van der Waals surface area contributed by atoms with Crippen molar-refractivity contribution in [2.45, 2.75) is 26.0 Å². The van der Waals surface area contributed by atoms with E-state index < -0.39 is 12.1 Å². The maximum Gasteiger partial charge on any atom is 0.336 e. The Bertz CT molecular complexity index is 268. The Hall–Kier alpha value is -1.30. The lowest BCUT2D eigenvalue weighted by atomic mass is 10.3. The molecule has 1 rings (SSSR count). The van der Waals surface area contributed by atoms with E-state index in [0.29, 0.717) is 13.2 Å². The van der Waals surface area contributed by atoms with E-state index in [1.165, 1.54) is 7.11 Å². The van der Waals surface area contributed by atoms with E-state index in [2.05, 4.69) is 10.1 Å². The SMILES string of the molecule is COC(=O)C1CN(C(=O)NC(C)C)CCO1. The molecule has 0 spiro atoms. The minimum atomic E-state index is -0.670. The van der Waals surface area contributed by atoms with Crippen molar-refractivity contribution in [2.75, 3.05) is 26.8 Å². The topological polar surface area (TPSA) is 67.9 Å². The summed E-state index contributed by atoms with van der Waals surface area (Å²) in [5.74, 6) is -0.443. The molecule has 92 valence electrons. The zero-order valence-corrected chi connectivity index (χ0v) is 9.86. The van der Waals surface area contributed by atoms with Crippen molar-refractivity contribution >= 4 is 12.0 Å². The number of urea groups is 1. The van der Waals surface area contributed by atoms with Crippen LogP contribution in [0.1, 0.15) is 13.8 Å². The first kappa shape index (κ1) is 12.8. The van der Waals surface area contributed by atoms with Gasteiger partial charge >= 0.3 is 12.0 Å². The fourth-order valence-corrected chi connectivity index (χ4v) is 1.45. The van der Waals surface area contributed by atoms with E-state index in [-0.39, 0.29) is 18.6 Å². The van der Waals surface area contributed by atoms with Crippen LogP contribution in [0, 0.1) is 0 Å². The number of ether oxygens (including phenoxy) is 2. The smallest absolute Gasteiger partial charge is 0.336 e. The molecule has 1 N–H and O–H groups in total. The van der Waals surface area contributed by atoms with Gasteiger partial charge in [-0.2, -0.15) is 0 Å². The van der Waals surface area contributed by atoms with Crippen molar-refractivity contribution in [3.05, 3.63) is 0 Å². The Morgan fingerprint density at radius 2 is 2.19 bits per heavy atom. The molecule has 1 fully saturated rings. The molecule has 6 nitrogen and oxygen atoms in total. The molecule has 0 aliphatic carbocycles. The summed E-state index contributed by atoms with van der Waals surface area (Å²) in [6.45, 7) is 4.86. The summed E-state index contributed by atoms with van der Waals surface area (Å²) in [7, 11) is 1.30. The second-order valence-electron chi connectivity index (χ2n) is 3.93. The van der Waals surface area contributed by atoms with Gasteiger partial charge in [0.05, 0.1) is 20.3 Å². The van der Waals surface area contributed by atoms with Crippen LogP contribution in [0.25, 0.3) is 0 Å². The highest BCUT2D eigenvalue weighted by Gasteiger charge is 2.29. The van der Waals surface area contributed by atoms with Gasteiger partial charge in [-0.25, -0.2) is 9.59 Å². The normalized spacial score (nSPS) is 20.8. The summed E-state index contributed by atoms with van der Waals surface area (Å²) in [6, 6.07) is -0.0980. The monoisotopic (exact) mass is 230 g/mol. The predicted octanol–water partition coefficient (Wildman–Crippen LogP) is -0.0218. The van der Waals surface area contributed by atoms with Gasteiger partial charge in [-0.3, -0.25) is 0 Å². The Morgan fingerprint density at radius 3 is 2.75 bits per heavy atom. The van der Waals surface area contributed by atoms with Gasteiger partial charge in [-0.15, -0.1) is 0 Å². The molecule has 0 aromatic rings. The van der Waals surface area contributed by atoms with Crippen molar-refractivity contribution in [2.24, 2.45) is 0 Å². The number of carbonyl (C=O) groups excluding carboxylic acids is 2. The number of carbonyl (C=O) groups is 2. The average Bonchev–Trinajstić information content (AvgIpc) is 2.27. The highest BCUT2D eigenvalue weighted by molar-refractivity contribution is 5.78. The van der Waals surface area contributed by atoms with Crippen LogP contribution < -0.4 is 5.32 Å². The molecule has 1 atom stereocenters. The maximum atomic E-state index is 11.7. The Kier molecular flexibility index (Phi) is 4.54. The van der Waals surface area contributed by atoms with E-state index in [1.54, 1.807) is 4.90 Å². The molecule has 0 aromatic heterocycles. The van der Waals surface area contributed by atoms with Crippen molar-refractivity contribution in [1.82, 2.24) is 10.2 Å². The summed E-state index contributed by atoms with van der Waals surface area (Å²) in [5.41, 5.74) is 0. The number of hydrogen-bond donors (Lipinski definition) is 1. The Balaban J connectivity index is 2.50. The van der Waals surface area contributed by atoms with Crippen molar-refractivity contribution in [3.8, 4) is 0 Å². The molecule has 0 bridgehead atoms. The van der Waals surface area contributed by atoms with Gasteiger partial charge in [0.1, 0.15) is 0 Å². The third-order valence-corrected chi connectivity index (χ3v) is 2.23. The van der Waals surface area contributed by atoms with Gasteiger partial charge in [0.15, 0.2) is 6.10 Å². The average molecular weight is 230 g/mol. The van der Waals surface area contributed by atoms with Crippen LogP contribution in [-0.2, 0) is 14.3 Å². The molecule has 1 heterocycles. The fourth-order valence-electron chi connectivity index (χ4n) is 1.45. The zero-order valence-electron chi connectivity index (χ0n) is 9.86. The van der Waals surface area contributed by atoms with E-state index in [0.717, 1.165) is 0 Å². The number of morpholine rings is 1. The van der Waals surface area contributed by atoms with Crippen LogP contribution >= 0.6 is 0 Å². The van der Waals surface area contributed by atoms with Crippen LogP contribution in [-0.4, -0.2) is 55.9 Å². The quantitative estimate of drug-likeness (QED) is 0.677. The molecule has 1 aliphatic heterocycles. The highest BCUT2D eigenvalue weighted by Crippen LogP contribution is 2.07. The number of methoxy groups -OCH3 is 1. The summed E-state index contributed by atoms with van der Waals surface area (Å²) in [5, 5.41) is 2.77. The Morgan fingerprint density at radius 1 is 1.50 bits per heavy atom. The molecule has 1 aliphatic rings. The lowest BCUT2D eigenvalue weighted by Gasteiger charge is -2.32. The number of rotatable bonds is 2. The summed E-state index contributed by atoms with van der Waals surface area (Å²) < 4.78 is 9.80. The van der Waals surface area contributed by atoms with Crippen LogP contribution in [0.4, 0.5) is 4.79 Å². The van der Waals surface area contributed by atoms with Gasteiger partial charge in [-0.05, 0) is 13.8 Å². The summed E-state index contributed by atoms with van der Waals surface area (Å²) in [4.78, 5) is 24.5. The van der Waals surface area contributed by atoms with E-state index in [9.17, 15) is 9.59 Å². The van der Waals surface area contributed by atoms with Gasteiger partial charge < -0.3 is 19.7 Å². The largest absolute Gasteiger partial charge is 0.467 e. The predicted molar refractivity (Wildman–Crippen MR) is 57.0 cm³/mol. The lowest BCUT2D eigenvalue weighted by Crippen LogP contribution is -2.53. The molecule has 0 saturated carbocycles. The van der Waals surface area contributed by atoms with Crippen LogP contribution in [0.15, 0.2) is 0 Å². The molecule has 0 radical (unpaired) electrons. The molecular formula is C10H18N2O4. The van der Waals surface area contributed by atoms with E-state index in [4.69, 9.17) is 4.74 Å². The van der Waals surface area contributed by atoms with Crippen LogP contribution in [0.2, 0.25) is 0 Å². The van der Waals surface area contributed by atoms with Crippen molar-refractivity contribution in [3.63, 3.8) is 0 Å². The fraction of sp³-hybridized carbons (Fsp3) is 0.800. The van der Waals surface area contributed by atoms with Gasteiger partial charge in [0, 0.05) is 12.6 Å². The molecule has 1 saturated heterocycles. The first-order chi connectivity index (χ1) is 7.54. The number of hydrogen-bond acceptors (Lipinski definition) is 4. The van der Waals surface area contributed by atoms with Crippen LogP contribution in [0.5, 0.6) is 0 Å². The molecular weight excluding hydrogens is 212 g/mol. The zero-order chi connectivity index (χ0) is 12.1. The standard InChI is InChI=1S/C10H18N2O4/c1-7(2)11-10(14)12-4-5-16-8(6-12)9(13)15-3/h7-8H,4-6H2,1-3H3,(H,11,14). The first-order valence-corrected chi connectivity index (χ1v) is 5.29. The molecule has 1 unspecified atom stereocenters. The third kappa shape index (κ3) is 3.37. The van der Waals surface area contributed by atoms with Crippen molar-refractivity contribution < 1.29 is 19.1 Å². The van der Waals surface area contributed by atoms with Crippen molar-refractivity contribution in [1.29, 1.82) is 0 Å². The lowest BCUT2D eigenvalue weighted by molar-refractivity contribution is -0.158. The van der Waals surface area contributed by atoms with Crippen LogP contribution in [0.3, 0.4) is 0 Å². The third-order valence-electron chi connectivity index (χ3n) is 2.23. The van der Waals surface area contributed by atoms with Gasteiger partial charge in [0.2, 0.25) is 0 Å².